The molecule has 2 atom stereocenters. The lowest BCUT2D eigenvalue weighted by Crippen LogP contribution is -2.34. The second-order valence-electron chi connectivity index (χ2n) is 5.49. The Morgan fingerprint density at radius 2 is 2.24 bits per heavy atom. The van der Waals surface area contributed by atoms with E-state index in [-0.39, 0.29) is 24.3 Å². The second-order valence-corrected chi connectivity index (χ2v) is 5.49. The van der Waals surface area contributed by atoms with E-state index < -0.39 is 5.97 Å². The average molecular weight is 287 g/mol. The zero-order valence-corrected chi connectivity index (χ0v) is 11.5. The van der Waals surface area contributed by atoms with Crippen molar-refractivity contribution >= 4 is 17.5 Å². The normalized spacial score (nSPS) is 21.5. The zero-order chi connectivity index (χ0) is 14.8. The lowest BCUT2D eigenvalue weighted by Gasteiger charge is -2.11. The number of amides is 1. The van der Waals surface area contributed by atoms with E-state index in [1.807, 2.05) is 35.0 Å². The molecule has 2 heterocycles. The number of rotatable bonds is 4. The number of hydrogen-bond donors (Lipinski definition) is 2. The third kappa shape index (κ3) is 3.04. The molecule has 0 radical (unpaired) electrons. The molecular formula is C15H17N3O3. The quantitative estimate of drug-likeness (QED) is 0.886. The predicted octanol–water partition coefficient (Wildman–Crippen LogP) is 1.25. The summed E-state index contributed by atoms with van der Waals surface area (Å²) in [5.74, 6) is -1.20. The minimum Gasteiger partial charge on any atom is -0.481 e. The van der Waals surface area contributed by atoms with Gasteiger partial charge >= 0.3 is 5.97 Å². The summed E-state index contributed by atoms with van der Waals surface area (Å²) in [6.07, 6.45) is 5.83. The first-order chi connectivity index (χ1) is 10.1. The molecule has 2 N–H and O–H groups in total. The van der Waals surface area contributed by atoms with Crippen LogP contribution in [0, 0.1) is 5.92 Å². The average Bonchev–Trinajstić information content (AvgIpc) is 3.04. The number of nitrogens with zero attached hydrogens (tertiary/aromatic N) is 2. The van der Waals surface area contributed by atoms with Gasteiger partial charge in [0.1, 0.15) is 5.65 Å². The molecule has 2 aromatic heterocycles. The first kappa shape index (κ1) is 13.6. The number of hydrogen-bond acceptors (Lipinski definition) is 3. The van der Waals surface area contributed by atoms with Crippen LogP contribution in [-0.4, -0.2) is 32.4 Å². The third-order valence-corrected chi connectivity index (χ3v) is 3.90. The molecule has 0 aliphatic heterocycles. The largest absolute Gasteiger partial charge is 0.481 e. The van der Waals surface area contributed by atoms with Gasteiger partial charge in [0, 0.05) is 18.4 Å². The summed E-state index contributed by atoms with van der Waals surface area (Å²) in [6.45, 7) is 0. The van der Waals surface area contributed by atoms with Crippen LogP contribution in [0.15, 0.2) is 30.6 Å². The maximum Gasteiger partial charge on any atom is 0.306 e. The molecule has 6 nitrogen and oxygen atoms in total. The summed E-state index contributed by atoms with van der Waals surface area (Å²) in [5.41, 5.74) is 1.53. The minimum atomic E-state index is -0.771. The maximum atomic E-state index is 12.0. The van der Waals surface area contributed by atoms with Crippen LogP contribution in [0.1, 0.15) is 25.0 Å². The van der Waals surface area contributed by atoms with Crippen molar-refractivity contribution in [2.75, 3.05) is 0 Å². The Kier molecular flexibility index (Phi) is 3.60. The highest BCUT2D eigenvalue weighted by atomic mass is 16.4. The summed E-state index contributed by atoms with van der Waals surface area (Å²) in [5, 5.41) is 11.9. The fraction of sp³-hybridized carbons (Fsp3) is 0.400. The molecule has 1 amide bonds. The van der Waals surface area contributed by atoms with Crippen molar-refractivity contribution in [3.05, 3.63) is 36.3 Å². The van der Waals surface area contributed by atoms with Crippen molar-refractivity contribution in [2.24, 2.45) is 5.92 Å². The molecule has 21 heavy (non-hydrogen) atoms. The van der Waals surface area contributed by atoms with Gasteiger partial charge in [0.25, 0.3) is 0 Å². The van der Waals surface area contributed by atoms with Gasteiger partial charge < -0.3 is 14.8 Å². The number of imidazole rings is 1. The van der Waals surface area contributed by atoms with E-state index in [0.717, 1.165) is 12.1 Å². The predicted molar refractivity (Wildman–Crippen MR) is 75.8 cm³/mol. The molecule has 0 spiro atoms. The molecule has 0 saturated heterocycles. The van der Waals surface area contributed by atoms with Crippen LogP contribution in [0.2, 0.25) is 0 Å². The van der Waals surface area contributed by atoms with E-state index in [0.29, 0.717) is 18.5 Å². The monoisotopic (exact) mass is 287 g/mol. The van der Waals surface area contributed by atoms with Crippen molar-refractivity contribution in [2.45, 2.75) is 31.7 Å². The fourth-order valence-electron chi connectivity index (χ4n) is 2.85. The Bertz CT molecular complexity index is 647. The van der Waals surface area contributed by atoms with E-state index in [1.54, 1.807) is 0 Å². The van der Waals surface area contributed by atoms with Crippen LogP contribution < -0.4 is 5.32 Å². The molecule has 2 aromatic rings. The number of aliphatic carboxylic acids is 1. The van der Waals surface area contributed by atoms with Gasteiger partial charge in [-0.05, 0) is 31.4 Å². The molecule has 6 heteroatoms. The molecule has 1 aliphatic carbocycles. The van der Waals surface area contributed by atoms with Crippen molar-refractivity contribution < 1.29 is 14.7 Å². The maximum absolute atomic E-state index is 12.0. The van der Waals surface area contributed by atoms with Gasteiger partial charge in [0.05, 0.1) is 18.0 Å². The highest BCUT2D eigenvalue weighted by molar-refractivity contribution is 5.79. The van der Waals surface area contributed by atoms with Gasteiger partial charge in [0.2, 0.25) is 5.91 Å². The summed E-state index contributed by atoms with van der Waals surface area (Å²) < 4.78 is 1.87. The smallest absolute Gasteiger partial charge is 0.306 e. The number of carboxylic acids is 1. The van der Waals surface area contributed by atoms with Crippen molar-refractivity contribution in [1.29, 1.82) is 0 Å². The second kappa shape index (κ2) is 5.55. The molecule has 1 saturated carbocycles. The highest BCUT2D eigenvalue weighted by Gasteiger charge is 2.30. The molecule has 0 aromatic carbocycles. The Morgan fingerprint density at radius 1 is 1.38 bits per heavy atom. The fourth-order valence-corrected chi connectivity index (χ4v) is 2.85. The van der Waals surface area contributed by atoms with E-state index in [4.69, 9.17) is 5.11 Å². The lowest BCUT2D eigenvalue weighted by atomic mass is 10.1. The molecule has 110 valence electrons. The van der Waals surface area contributed by atoms with Crippen molar-refractivity contribution in [3.63, 3.8) is 0 Å². The first-order valence-electron chi connectivity index (χ1n) is 7.06. The van der Waals surface area contributed by atoms with Gasteiger partial charge in [0.15, 0.2) is 0 Å². The van der Waals surface area contributed by atoms with E-state index in [9.17, 15) is 9.59 Å². The standard InChI is InChI=1S/C15H17N3O3/c19-14(17-11-5-4-10(7-11)15(20)21)8-12-9-18-6-2-1-3-13(18)16-12/h1-3,6,9-11H,4-5,7-8H2,(H,17,19)(H,20,21)/t10-,11+/m0/s1. The summed E-state index contributed by atoms with van der Waals surface area (Å²) in [7, 11) is 0. The van der Waals surface area contributed by atoms with Crippen LogP contribution in [0.4, 0.5) is 0 Å². The molecular weight excluding hydrogens is 270 g/mol. The Morgan fingerprint density at radius 3 is 2.95 bits per heavy atom. The van der Waals surface area contributed by atoms with Crippen LogP contribution in [-0.2, 0) is 16.0 Å². The molecule has 1 fully saturated rings. The molecule has 1 aliphatic rings. The van der Waals surface area contributed by atoms with E-state index in [2.05, 4.69) is 10.3 Å². The number of nitrogens with one attached hydrogen (secondary N) is 1. The van der Waals surface area contributed by atoms with E-state index in [1.165, 1.54) is 0 Å². The van der Waals surface area contributed by atoms with Gasteiger partial charge in [-0.3, -0.25) is 9.59 Å². The minimum absolute atomic E-state index is 0.0318. The number of carbonyl (C=O) groups is 2. The number of fused-ring (bicyclic) bond motifs is 1. The van der Waals surface area contributed by atoms with Crippen LogP contribution in [0.5, 0.6) is 0 Å². The number of carbonyl (C=O) groups excluding carboxylic acids is 1. The van der Waals surface area contributed by atoms with Crippen LogP contribution >= 0.6 is 0 Å². The summed E-state index contributed by atoms with van der Waals surface area (Å²) in [6, 6.07) is 5.66. The zero-order valence-electron chi connectivity index (χ0n) is 11.5. The topological polar surface area (TPSA) is 83.7 Å². The Labute approximate surface area is 121 Å². The van der Waals surface area contributed by atoms with Gasteiger partial charge in [-0.25, -0.2) is 4.98 Å². The number of pyridine rings is 1. The summed E-state index contributed by atoms with van der Waals surface area (Å²) >= 11 is 0. The lowest BCUT2D eigenvalue weighted by molar-refractivity contribution is -0.141. The molecule has 0 bridgehead atoms. The van der Waals surface area contributed by atoms with Gasteiger partial charge in [-0.15, -0.1) is 0 Å². The van der Waals surface area contributed by atoms with E-state index >= 15 is 0 Å². The third-order valence-electron chi connectivity index (χ3n) is 3.90. The highest BCUT2D eigenvalue weighted by Crippen LogP contribution is 2.25. The van der Waals surface area contributed by atoms with Crippen molar-refractivity contribution in [1.82, 2.24) is 14.7 Å². The van der Waals surface area contributed by atoms with Crippen LogP contribution in [0.25, 0.3) is 5.65 Å². The SMILES string of the molecule is O=C(Cc1cn2ccccc2n1)N[C@@H]1CC[C@H](C(=O)O)C1. The number of carboxylic acid groups (broad SMARTS) is 1. The molecule has 0 unspecified atom stereocenters. The Balaban J connectivity index is 1.58. The first-order valence-corrected chi connectivity index (χ1v) is 7.06. The van der Waals surface area contributed by atoms with Gasteiger partial charge in [-0.1, -0.05) is 6.07 Å². The summed E-state index contributed by atoms with van der Waals surface area (Å²) in [4.78, 5) is 27.3. The molecule has 3 rings (SSSR count). The van der Waals surface area contributed by atoms with Crippen LogP contribution in [0.3, 0.4) is 0 Å². The van der Waals surface area contributed by atoms with Crippen molar-refractivity contribution in [3.8, 4) is 0 Å². The number of aromatic nitrogens is 2. The Hall–Kier alpha value is -2.37. The van der Waals surface area contributed by atoms with Gasteiger partial charge in [-0.2, -0.15) is 0 Å².